The van der Waals surface area contributed by atoms with Gasteiger partial charge in [-0.05, 0) is 40.9 Å². The van der Waals surface area contributed by atoms with Crippen LogP contribution in [0, 0.1) is 0 Å². The lowest BCUT2D eigenvalue weighted by atomic mass is 9.81. The first-order valence-corrected chi connectivity index (χ1v) is 8.83. The third-order valence-corrected chi connectivity index (χ3v) is 5.24. The number of hydrogen-bond acceptors (Lipinski definition) is 4. The van der Waals surface area contributed by atoms with Crippen molar-refractivity contribution in [1.29, 1.82) is 0 Å². The zero-order valence-corrected chi connectivity index (χ0v) is 14.4. The predicted molar refractivity (Wildman–Crippen MR) is 90.7 cm³/mol. The molecular formula is C16H23BrN4O. The molecule has 0 bridgehead atoms. The van der Waals surface area contributed by atoms with Crippen molar-refractivity contribution in [3.05, 3.63) is 22.8 Å². The van der Waals surface area contributed by atoms with Gasteiger partial charge >= 0.3 is 0 Å². The standard InChI is InChI=1S/C16H23BrN4O/c17-13-4-5-14(19-12-13)20-8-10-21(11-9-20)15(22)16(18)6-2-1-3-7-16/h4-5,12H,1-3,6-11,18H2. The average Bonchev–Trinajstić information content (AvgIpc) is 2.56. The highest BCUT2D eigenvalue weighted by atomic mass is 79.9. The van der Waals surface area contributed by atoms with Crippen molar-refractivity contribution in [2.75, 3.05) is 31.1 Å². The smallest absolute Gasteiger partial charge is 0.242 e. The number of halogens is 1. The van der Waals surface area contributed by atoms with Gasteiger partial charge in [0.15, 0.2) is 0 Å². The van der Waals surface area contributed by atoms with Gasteiger partial charge in [0, 0.05) is 36.8 Å². The highest BCUT2D eigenvalue weighted by Crippen LogP contribution is 2.28. The summed E-state index contributed by atoms with van der Waals surface area (Å²) in [7, 11) is 0. The van der Waals surface area contributed by atoms with Gasteiger partial charge in [0.2, 0.25) is 5.91 Å². The van der Waals surface area contributed by atoms with E-state index in [1.807, 2.05) is 23.2 Å². The summed E-state index contributed by atoms with van der Waals surface area (Å²) in [5, 5.41) is 0. The molecule has 2 fully saturated rings. The Morgan fingerprint density at radius 1 is 1.14 bits per heavy atom. The fourth-order valence-electron chi connectivity index (χ4n) is 3.41. The molecule has 5 nitrogen and oxygen atoms in total. The van der Waals surface area contributed by atoms with Crippen LogP contribution >= 0.6 is 15.9 Å². The van der Waals surface area contributed by atoms with Gasteiger partial charge in [0.1, 0.15) is 5.82 Å². The summed E-state index contributed by atoms with van der Waals surface area (Å²) in [5.74, 6) is 1.12. The van der Waals surface area contributed by atoms with Gasteiger partial charge in [-0.3, -0.25) is 4.79 Å². The molecule has 1 saturated heterocycles. The lowest BCUT2D eigenvalue weighted by molar-refractivity contribution is -0.138. The van der Waals surface area contributed by atoms with Crippen molar-refractivity contribution < 1.29 is 4.79 Å². The van der Waals surface area contributed by atoms with Crippen LogP contribution in [0.2, 0.25) is 0 Å². The molecule has 120 valence electrons. The van der Waals surface area contributed by atoms with Crippen molar-refractivity contribution in [3.63, 3.8) is 0 Å². The minimum Gasteiger partial charge on any atom is -0.353 e. The normalized spacial score (nSPS) is 21.7. The van der Waals surface area contributed by atoms with Crippen LogP contribution in [0.5, 0.6) is 0 Å². The van der Waals surface area contributed by atoms with Gasteiger partial charge in [-0.1, -0.05) is 19.3 Å². The zero-order valence-electron chi connectivity index (χ0n) is 12.8. The molecule has 1 amide bonds. The number of carbonyl (C=O) groups is 1. The molecule has 1 aromatic rings. The summed E-state index contributed by atoms with van der Waals surface area (Å²) >= 11 is 3.40. The lowest BCUT2D eigenvalue weighted by Crippen LogP contribution is -2.60. The Labute approximate surface area is 140 Å². The van der Waals surface area contributed by atoms with Gasteiger partial charge in [0.05, 0.1) is 5.54 Å². The van der Waals surface area contributed by atoms with Crippen LogP contribution in [0.15, 0.2) is 22.8 Å². The first-order valence-electron chi connectivity index (χ1n) is 8.03. The van der Waals surface area contributed by atoms with Crippen molar-refractivity contribution in [1.82, 2.24) is 9.88 Å². The average molecular weight is 367 g/mol. The Hall–Kier alpha value is -1.14. The molecule has 6 heteroatoms. The van der Waals surface area contributed by atoms with Crippen LogP contribution in [0.25, 0.3) is 0 Å². The zero-order chi connectivity index (χ0) is 15.6. The van der Waals surface area contributed by atoms with Crippen molar-refractivity contribution in [2.45, 2.75) is 37.6 Å². The summed E-state index contributed by atoms with van der Waals surface area (Å²) in [4.78, 5) is 21.3. The molecule has 0 unspecified atom stereocenters. The van der Waals surface area contributed by atoms with Crippen LogP contribution < -0.4 is 10.6 Å². The number of nitrogens with two attached hydrogens (primary N) is 1. The van der Waals surface area contributed by atoms with Crippen LogP contribution in [-0.4, -0.2) is 47.5 Å². The minimum absolute atomic E-state index is 0.149. The minimum atomic E-state index is -0.615. The van der Waals surface area contributed by atoms with Gasteiger partial charge in [0.25, 0.3) is 0 Å². The number of anilines is 1. The summed E-state index contributed by atoms with van der Waals surface area (Å²) in [6, 6.07) is 4.00. The Balaban J connectivity index is 1.59. The fraction of sp³-hybridized carbons (Fsp3) is 0.625. The number of nitrogens with zero attached hydrogens (tertiary/aromatic N) is 3. The number of carbonyl (C=O) groups excluding carboxylic acids is 1. The first kappa shape index (κ1) is 15.7. The monoisotopic (exact) mass is 366 g/mol. The second kappa shape index (κ2) is 6.54. The largest absolute Gasteiger partial charge is 0.353 e. The van der Waals surface area contributed by atoms with Crippen molar-refractivity contribution in [2.24, 2.45) is 5.73 Å². The Morgan fingerprint density at radius 3 is 2.41 bits per heavy atom. The molecule has 2 aliphatic rings. The molecule has 1 aliphatic heterocycles. The highest BCUT2D eigenvalue weighted by molar-refractivity contribution is 9.10. The van der Waals surface area contributed by atoms with E-state index in [0.29, 0.717) is 0 Å². The van der Waals surface area contributed by atoms with Crippen LogP contribution in [0.1, 0.15) is 32.1 Å². The van der Waals surface area contributed by atoms with E-state index in [1.165, 1.54) is 6.42 Å². The SMILES string of the molecule is NC1(C(=O)N2CCN(c3ccc(Br)cn3)CC2)CCCCC1. The molecule has 0 radical (unpaired) electrons. The number of aromatic nitrogens is 1. The number of amides is 1. The van der Waals surface area contributed by atoms with Gasteiger partial charge in [-0.25, -0.2) is 4.98 Å². The van der Waals surface area contributed by atoms with Crippen LogP contribution in [-0.2, 0) is 4.79 Å². The molecule has 1 aromatic heterocycles. The quantitative estimate of drug-likeness (QED) is 0.870. The first-order chi connectivity index (χ1) is 10.6. The summed E-state index contributed by atoms with van der Waals surface area (Å²) < 4.78 is 0.979. The van der Waals surface area contributed by atoms with Gasteiger partial charge in [-0.15, -0.1) is 0 Å². The van der Waals surface area contributed by atoms with Crippen LogP contribution in [0.4, 0.5) is 5.82 Å². The molecule has 0 atom stereocenters. The van der Waals surface area contributed by atoms with Crippen molar-refractivity contribution in [3.8, 4) is 0 Å². The van der Waals surface area contributed by atoms with E-state index >= 15 is 0 Å². The topological polar surface area (TPSA) is 62.5 Å². The third-order valence-electron chi connectivity index (χ3n) is 4.77. The summed E-state index contributed by atoms with van der Waals surface area (Å²) in [6.07, 6.45) is 6.83. The maximum atomic E-state index is 12.7. The molecule has 1 saturated carbocycles. The van der Waals surface area contributed by atoms with Gasteiger partial charge < -0.3 is 15.5 Å². The van der Waals surface area contributed by atoms with E-state index in [2.05, 4.69) is 25.8 Å². The number of piperazine rings is 1. The summed E-state index contributed by atoms with van der Waals surface area (Å²) in [6.45, 7) is 3.10. The molecule has 1 aliphatic carbocycles. The fourth-order valence-corrected chi connectivity index (χ4v) is 3.64. The molecule has 0 spiro atoms. The Kier molecular flexibility index (Phi) is 4.68. The molecule has 3 rings (SSSR count). The van der Waals surface area contributed by atoms with E-state index in [1.54, 1.807) is 0 Å². The lowest BCUT2D eigenvalue weighted by Gasteiger charge is -2.41. The van der Waals surface area contributed by atoms with E-state index in [-0.39, 0.29) is 5.91 Å². The number of pyridine rings is 1. The summed E-state index contributed by atoms with van der Waals surface area (Å²) in [5.41, 5.74) is 5.76. The third kappa shape index (κ3) is 3.27. The van der Waals surface area contributed by atoms with E-state index in [0.717, 1.165) is 62.2 Å². The highest BCUT2D eigenvalue weighted by Gasteiger charge is 2.39. The van der Waals surface area contributed by atoms with Crippen LogP contribution in [0.3, 0.4) is 0 Å². The maximum absolute atomic E-state index is 12.7. The van der Waals surface area contributed by atoms with E-state index in [9.17, 15) is 4.79 Å². The van der Waals surface area contributed by atoms with E-state index < -0.39 is 5.54 Å². The van der Waals surface area contributed by atoms with Crippen molar-refractivity contribution >= 4 is 27.7 Å². The molecule has 2 heterocycles. The Bertz CT molecular complexity index is 519. The Morgan fingerprint density at radius 2 is 1.82 bits per heavy atom. The number of rotatable bonds is 2. The molecule has 0 aromatic carbocycles. The van der Waals surface area contributed by atoms with E-state index in [4.69, 9.17) is 5.73 Å². The molecule has 2 N–H and O–H groups in total. The number of hydrogen-bond donors (Lipinski definition) is 1. The maximum Gasteiger partial charge on any atom is 0.242 e. The predicted octanol–water partition coefficient (Wildman–Crippen LogP) is 2.15. The van der Waals surface area contributed by atoms with Gasteiger partial charge in [-0.2, -0.15) is 0 Å². The second-order valence-electron chi connectivity index (χ2n) is 6.33. The molecular weight excluding hydrogens is 344 g/mol. The molecule has 22 heavy (non-hydrogen) atoms. The second-order valence-corrected chi connectivity index (χ2v) is 7.25.